The molecule has 1 heterocycles. The molecule has 6 nitrogen and oxygen atoms in total. The minimum atomic E-state index is -0.494. The highest BCUT2D eigenvalue weighted by molar-refractivity contribution is 7.99. The largest absolute Gasteiger partial charge is 0.444 e. The van der Waals surface area contributed by atoms with E-state index in [9.17, 15) is 14.7 Å². The molecule has 1 aliphatic heterocycles. The number of rotatable bonds is 5. The number of amides is 2. The van der Waals surface area contributed by atoms with Crippen LogP contribution in [0.25, 0.3) is 0 Å². The molecule has 0 spiro atoms. The third-order valence-electron chi connectivity index (χ3n) is 2.96. The van der Waals surface area contributed by atoms with Gasteiger partial charge in [0.2, 0.25) is 5.91 Å². The molecule has 2 amide bonds. The van der Waals surface area contributed by atoms with Crippen molar-refractivity contribution in [2.75, 3.05) is 31.1 Å². The van der Waals surface area contributed by atoms with Crippen molar-refractivity contribution >= 4 is 23.8 Å². The molecule has 122 valence electrons. The highest BCUT2D eigenvalue weighted by Gasteiger charge is 2.21. The number of alkyl carbamates (subject to hydrolysis) is 1. The van der Waals surface area contributed by atoms with Crippen LogP contribution in [0, 0.1) is 0 Å². The summed E-state index contributed by atoms with van der Waals surface area (Å²) in [7, 11) is 0. The molecule has 1 aliphatic rings. The number of thioether (sulfide) groups is 1. The number of nitrogens with one attached hydrogen (secondary N) is 1. The predicted molar refractivity (Wildman–Crippen MR) is 83.4 cm³/mol. The first-order valence-corrected chi connectivity index (χ1v) is 8.44. The molecule has 2 N–H and O–H groups in total. The van der Waals surface area contributed by atoms with Crippen LogP contribution < -0.4 is 5.32 Å². The molecule has 0 radical (unpaired) electrons. The molecule has 0 aromatic carbocycles. The monoisotopic (exact) mass is 318 g/mol. The average molecular weight is 318 g/mol. The average Bonchev–Trinajstić information content (AvgIpc) is 2.36. The highest BCUT2D eigenvalue weighted by atomic mass is 32.2. The quantitative estimate of drug-likeness (QED) is 0.745. The number of nitrogens with zero attached hydrogens (tertiary/aromatic N) is 1. The standard InChI is InChI=1S/C14H26N2O4S/c1-14(2,3)20-13(19)15-6-9-21-10-12(18)16-7-4-11(17)5-8-16/h11,17H,4-10H2,1-3H3,(H,15,19). The molecule has 7 heteroatoms. The first kappa shape index (κ1) is 18.1. The molecular weight excluding hydrogens is 292 g/mol. The fraction of sp³-hybridized carbons (Fsp3) is 0.857. The molecule has 0 aromatic rings. The third-order valence-corrected chi connectivity index (χ3v) is 3.90. The van der Waals surface area contributed by atoms with E-state index < -0.39 is 11.7 Å². The van der Waals surface area contributed by atoms with Crippen LogP contribution in [-0.4, -0.2) is 64.9 Å². The fourth-order valence-electron chi connectivity index (χ4n) is 1.91. The van der Waals surface area contributed by atoms with E-state index in [-0.39, 0.29) is 12.0 Å². The zero-order chi connectivity index (χ0) is 15.9. The second kappa shape index (κ2) is 8.48. The zero-order valence-corrected chi connectivity index (χ0v) is 13.9. The van der Waals surface area contributed by atoms with Crippen LogP contribution in [0.1, 0.15) is 33.6 Å². The number of aliphatic hydroxyl groups is 1. The number of hydrogen-bond acceptors (Lipinski definition) is 5. The van der Waals surface area contributed by atoms with Crippen molar-refractivity contribution in [3.8, 4) is 0 Å². The van der Waals surface area contributed by atoms with Gasteiger partial charge in [-0.15, -0.1) is 0 Å². The van der Waals surface area contributed by atoms with E-state index in [1.807, 2.05) is 20.8 Å². The summed E-state index contributed by atoms with van der Waals surface area (Å²) in [5, 5.41) is 12.1. The maximum absolute atomic E-state index is 11.9. The van der Waals surface area contributed by atoms with Crippen molar-refractivity contribution in [3.63, 3.8) is 0 Å². The number of ether oxygens (including phenoxy) is 1. The van der Waals surface area contributed by atoms with Gasteiger partial charge < -0.3 is 20.1 Å². The van der Waals surface area contributed by atoms with E-state index in [1.165, 1.54) is 11.8 Å². The van der Waals surface area contributed by atoms with Gasteiger partial charge in [-0.25, -0.2) is 4.79 Å². The van der Waals surface area contributed by atoms with E-state index in [0.29, 0.717) is 44.0 Å². The zero-order valence-electron chi connectivity index (χ0n) is 13.1. The number of likely N-dealkylation sites (tertiary alicyclic amines) is 1. The van der Waals surface area contributed by atoms with Gasteiger partial charge >= 0.3 is 6.09 Å². The second-order valence-corrected chi connectivity index (χ2v) is 7.20. The van der Waals surface area contributed by atoms with Gasteiger partial charge in [-0.2, -0.15) is 11.8 Å². The molecule has 0 unspecified atom stereocenters. The van der Waals surface area contributed by atoms with E-state index in [1.54, 1.807) is 4.90 Å². The molecule has 0 bridgehead atoms. The number of carbonyl (C=O) groups is 2. The fourth-order valence-corrected chi connectivity index (χ4v) is 2.65. The lowest BCUT2D eigenvalue weighted by Crippen LogP contribution is -2.41. The highest BCUT2D eigenvalue weighted by Crippen LogP contribution is 2.12. The third kappa shape index (κ3) is 8.16. The van der Waals surface area contributed by atoms with E-state index in [0.717, 1.165) is 0 Å². The summed E-state index contributed by atoms with van der Waals surface area (Å²) in [6.45, 7) is 7.19. The summed E-state index contributed by atoms with van der Waals surface area (Å²) in [6, 6.07) is 0. The molecule has 1 rings (SSSR count). The summed E-state index contributed by atoms with van der Waals surface area (Å²) in [5.74, 6) is 1.18. The first-order chi connectivity index (χ1) is 9.78. The van der Waals surface area contributed by atoms with E-state index in [2.05, 4.69) is 5.32 Å². The molecular formula is C14H26N2O4S. The van der Waals surface area contributed by atoms with Gasteiger partial charge in [0.1, 0.15) is 5.60 Å². The summed E-state index contributed by atoms with van der Waals surface area (Å²) < 4.78 is 5.11. The molecule has 21 heavy (non-hydrogen) atoms. The topological polar surface area (TPSA) is 78.9 Å². The lowest BCUT2D eigenvalue weighted by atomic mass is 10.1. The lowest BCUT2D eigenvalue weighted by Gasteiger charge is -2.29. The van der Waals surface area contributed by atoms with Crippen molar-refractivity contribution < 1.29 is 19.4 Å². The Kier molecular flexibility index (Phi) is 7.31. The Balaban J connectivity index is 2.06. The molecule has 1 fully saturated rings. The van der Waals surface area contributed by atoms with Crippen LogP contribution in [0.4, 0.5) is 4.79 Å². The minimum Gasteiger partial charge on any atom is -0.444 e. The molecule has 0 saturated carbocycles. The van der Waals surface area contributed by atoms with Crippen LogP contribution in [-0.2, 0) is 9.53 Å². The van der Waals surface area contributed by atoms with Gasteiger partial charge in [0, 0.05) is 25.4 Å². The number of hydrogen-bond donors (Lipinski definition) is 2. The Labute approximate surface area is 130 Å². The summed E-state index contributed by atoms with van der Waals surface area (Å²) in [4.78, 5) is 25.1. The van der Waals surface area contributed by atoms with E-state index >= 15 is 0 Å². The predicted octanol–water partition coefficient (Wildman–Crippen LogP) is 1.23. The van der Waals surface area contributed by atoms with Crippen LogP contribution in [0.2, 0.25) is 0 Å². The number of piperidine rings is 1. The Morgan fingerprint density at radius 1 is 1.33 bits per heavy atom. The summed E-state index contributed by atoms with van der Waals surface area (Å²) in [5.41, 5.74) is -0.494. The molecule has 0 atom stereocenters. The molecule has 0 aromatic heterocycles. The normalized spacial score (nSPS) is 16.7. The summed E-state index contributed by atoms with van der Waals surface area (Å²) in [6.07, 6.45) is 0.631. The maximum atomic E-state index is 11.9. The van der Waals surface area contributed by atoms with Crippen LogP contribution in [0.5, 0.6) is 0 Å². The van der Waals surface area contributed by atoms with Crippen LogP contribution >= 0.6 is 11.8 Å². The van der Waals surface area contributed by atoms with Gasteiger partial charge in [0.05, 0.1) is 11.9 Å². The SMILES string of the molecule is CC(C)(C)OC(=O)NCCSCC(=O)N1CCC(O)CC1. The van der Waals surface area contributed by atoms with Crippen molar-refractivity contribution in [2.24, 2.45) is 0 Å². The van der Waals surface area contributed by atoms with Gasteiger partial charge in [-0.3, -0.25) is 4.79 Å². The Morgan fingerprint density at radius 3 is 2.52 bits per heavy atom. The smallest absolute Gasteiger partial charge is 0.407 e. The second-order valence-electron chi connectivity index (χ2n) is 6.09. The Bertz CT molecular complexity index is 349. The summed E-state index contributed by atoms with van der Waals surface area (Å²) >= 11 is 1.49. The molecule has 0 aliphatic carbocycles. The van der Waals surface area contributed by atoms with Gasteiger partial charge in [-0.05, 0) is 33.6 Å². The van der Waals surface area contributed by atoms with Crippen LogP contribution in [0.3, 0.4) is 0 Å². The van der Waals surface area contributed by atoms with Crippen LogP contribution in [0.15, 0.2) is 0 Å². The first-order valence-electron chi connectivity index (χ1n) is 7.28. The molecule has 1 saturated heterocycles. The Hall–Kier alpha value is -0.950. The van der Waals surface area contributed by atoms with E-state index in [4.69, 9.17) is 4.74 Å². The minimum absolute atomic E-state index is 0.101. The maximum Gasteiger partial charge on any atom is 0.407 e. The van der Waals surface area contributed by atoms with Gasteiger partial charge in [0.25, 0.3) is 0 Å². The Morgan fingerprint density at radius 2 is 1.95 bits per heavy atom. The van der Waals surface area contributed by atoms with Crippen molar-refractivity contribution in [2.45, 2.75) is 45.3 Å². The van der Waals surface area contributed by atoms with Crippen molar-refractivity contribution in [1.29, 1.82) is 0 Å². The number of carbonyl (C=O) groups excluding carboxylic acids is 2. The number of aliphatic hydroxyl groups excluding tert-OH is 1. The van der Waals surface area contributed by atoms with Gasteiger partial charge in [0.15, 0.2) is 0 Å². The van der Waals surface area contributed by atoms with Crippen molar-refractivity contribution in [3.05, 3.63) is 0 Å². The van der Waals surface area contributed by atoms with Crippen molar-refractivity contribution in [1.82, 2.24) is 10.2 Å². The van der Waals surface area contributed by atoms with Gasteiger partial charge in [-0.1, -0.05) is 0 Å². The lowest BCUT2D eigenvalue weighted by molar-refractivity contribution is -0.130.